The summed E-state index contributed by atoms with van der Waals surface area (Å²) in [4.78, 5) is 11.9. The van der Waals surface area contributed by atoms with Gasteiger partial charge in [0, 0.05) is 19.3 Å². The fourth-order valence-electron chi connectivity index (χ4n) is 1.72. The number of phenolic OH excluding ortho intramolecular Hbond substituents is 1. The van der Waals surface area contributed by atoms with Gasteiger partial charge in [-0.3, -0.25) is 9.48 Å². The summed E-state index contributed by atoms with van der Waals surface area (Å²) in [5.41, 5.74) is 1.24. The molecular weight excluding hydrogens is 244 g/mol. The molecule has 19 heavy (non-hydrogen) atoms. The Bertz CT molecular complexity index is 552. The van der Waals surface area contributed by atoms with Gasteiger partial charge in [-0.1, -0.05) is 16.8 Å². The van der Waals surface area contributed by atoms with Crippen molar-refractivity contribution in [2.45, 2.75) is 19.9 Å². The van der Waals surface area contributed by atoms with E-state index in [1.54, 1.807) is 29.2 Å². The van der Waals surface area contributed by atoms with Crippen LogP contribution in [0.4, 0.5) is 0 Å². The molecule has 1 amide bonds. The van der Waals surface area contributed by atoms with Crippen LogP contribution < -0.4 is 5.32 Å². The van der Waals surface area contributed by atoms with Crippen molar-refractivity contribution in [1.29, 1.82) is 0 Å². The number of nitrogens with zero attached hydrogens (tertiary/aromatic N) is 3. The predicted octanol–water partition coefficient (Wildman–Crippen LogP) is 1.11. The average molecular weight is 260 g/mol. The minimum absolute atomic E-state index is 0.000578. The Labute approximate surface area is 111 Å². The zero-order valence-corrected chi connectivity index (χ0v) is 10.7. The van der Waals surface area contributed by atoms with Gasteiger partial charge in [-0.2, -0.15) is 0 Å². The van der Waals surface area contributed by atoms with Gasteiger partial charge in [-0.25, -0.2) is 0 Å². The molecule has 2 rings (SSSR count). The number of carbonyl (C=O) groups excluding carboxylic acids is 1. The van der Waals surface area contributed by atoms with Crippen molar-refractivity contribution in [3.8, 4) is 5.75 Å². The van der Waals surface area contributed by atoms with Crippen LogP contribution in [-0.4, -0.2) is 32.6 Å². The van der Waals surface area contributed by atoms with Crippen LogP contribution in [-0.2, 0) is 6.54 Å². The van der Waals surface area contributed by atoms with Gasteiger partial charge in [-0.05, 0) is 25.5 Å². The number of amides is 1. The first-order chi connectivity index (χ1) is 9.16. The van der Waals surface area contributed by atoms with Crippen molar-refractivity contribution in [3.63, 3.8) is 0 Å². The Kier molecular flexibility index (Phi) is 4.12. The normalized spacial score (nSPS) is 10.4. The molecule has 6 heteroatoms. The van der Waals surface area contributed by atoms with Crippen LogP contribution in [0.1, 0.15) is 22.3 Å². The molecule has 100 valence electrons. The number of hydrogen-bond donors (Lipinski definition) is 2. The number of phenols is 1. The van der Waals surface area contributed by atoms with E-state index in [0.717, 1.165) is 12.0 Å². The molecule has 0 radical (unpaired) electrons. The molecule has 2 N–H and O–H groups in total. The molecule has 0 aliphatic heterocycles. The maximum absolute atomic E-state index is 11.9. The Hall–Kier alpha value is -2.37. The molecule has 1 aromatic heterocycles. The van der Waals surface area contributed by atoms with E-state index in [0.29, 0.717) is 18.7 Å². The second-order valence-electron chi connectivity index (χ2n) is 4.30. The van der Waals surface area contributed by atoms with Crippen LogP contribution >= 0.6 is 0 Å². The van der Waals surface area contributed by atoms with E-state index >= 15 is 0 Å². The quantitative estimate of drug-likeness (QED) is 0.789. The van der Waals surface area contributed by atoms with E-state index in [1.807, 2.05) is 6.92 Å². The highest BCUT2D eigenvalue weighted by atomic mass is 16.3. The minimum atomic E-state index is -0.264. The smallest absolute Gasteiger partial charge is 0.255 e. The van der Waals surface area contributed by atoms with E-state index in [-0.39, 0.29) is 11.7 Å². The molecule has 0 atom stereocenters. The SMILES string of the molecule is Cc1ccc(O)c(C(=O)NCCCn2ccnn2)c1. The third kappa shape index (κ3) is 3.54. The average Bonchev–Trinajstić information content (AvgIpc) is 2.90. The van der Waals surface area contributed by atoms with Crippen LogP contribution in [0.5, 0.6) is 5.75 Å². The molecule has 1 heterocycles. The summed E-state index contributed by atoms with van der Waals surface area (Å²) in [5.74, 6) is -0.265. The first kappa shape index (κ1) is 13.1. The van der Waals surface area contributed by atoms with Gasteiger partial charge in [-0.15, -0.1) is 5.10 Å². The molecule has 0 saturated heterocycles. The van der Waals surface area contributed by atoms with Gasteiger partial charge >= 0.3 is 0 Å². The fraction of sp³-hybridized carbons (Fsp3) is 0.308. The Morgan fingerprint density at radius 3 is 3.05 bits per heavy atom. The summed E-state index contributed by atoms with van der Waals surface area (Å²) in [6, 6.07) is 4.96. The molecule has 0 fully saturated rings. The molecule has 0 spiro atoms. The van der Waals surface area contributed by atoms with Crippen molar-refractivity contribution < 1.29 is 9.90 Å². The van der Waals surface area contributed by atoms with Crippen molar-refractivity contribution in [2.24, 2.45) is 0 Å². The van der Waals surface area contributed by atoms with E-state index in [4.69, 9.17) is 0 Å². The first-order valence-corrected chi connectivity index (χ1v) is 6.09. The largest absolute Gasteiger partial charge is 0.507 e. The lowest BCUT2D eigenvalue weighted by Crippen LogP contribution is -2.25. The summed E-state index contributed by atoms with van der Waals surface area (Å²) < 4.78 is 1.70. The van der Waals surface area contributed by atoms with Crippen molar-refractivity contribution >= 4 is 5.91 Å². The van der Waals surface area contributed by atoms with Gasteiger partial charge < -0.3 is 10.4 Å². The topological polar surface area (TPSA) is 80.0 Å². The van der Waals surface area contributed by atoms with Gasteiger partial charge in [0.1, 0.15) is 5.75 Å². The predicted molar refractivity (Wildman–Crippen MR) is 69.8 cm³/mol. The summed E-state index contributed by atoms with van der Waals surface area (Å²) in [6.07, 6.45) is 4.14. The van der Waals surface area contributed by atoms with Crippen LogP contribution in [0.25, 0.3) is 0 Å². The van der Waals surface area contributed by atoms with Crippen LogP contribution in [0.2, 0.25) is 0 Å². The number of benzene rings is 1. The third-order valence-electron chi connectivity index (χ3n) is 2.72. The fourth-order valence-corrected chi connectivity index (χ4v) is 1.72. The second kappa shape index (κ2) is 5.99. The molecule has 1 aromatic carbocycles. The van der Waals surface area contributed by atoms with Gasteiger partial charge in [0.05, 0.1) is 11.8 Å². The van der Waals surface area contributed by atoms with E-state index in [2.05, 4.69) is 15.6 Å². The molecule has 0 bridgehead atoms. The minimum Gasteiger partial charge on any atom is -0.507 e. The monoisotopic (exact) mass is 260 g/mol. The zero-order valence-electron chi connectivity index (χ0n) is 10.7. The Balaban J connectivity index is 1.82. The van der Waals surface area contributed by atoms with Crippen molar-refractivity contribution in [2.75, 3.05) is 6.54 Å². The number of aromatic nitrogens is 3. The third-order valence-corrected chi connectivity index (χ3v) is 2.72. The lowest BCUT2D eigenvalue weighted by atomic mass is 10.1. The first-order valence-electron chi connectivity index (χ1n) is 6.09. The molecule has 2 aromatic rings. The maximum Gasteiger partial charge on any atom is 0.255 e. The molecule has 6 nitrogen and oxygen atoms in total. The van der Waals surface area contributed by atoms with Crippen LogP contribution in [0.15, 0.2) is 30.6 Å². The van der Waals surface area contributed by atoms with Crippen LogP contribution in [0, 0.1) is 6.92 Å². The Morgan fingerprint density at radius 1 is 1.47 bits per heavy atom. The molecule has 0 aliphatic rings. The number of nitrogens with one attached hydrogen (secondary N) is 1. The highest BCUT2D eigenvalue weighted by Crippen LogP contribution is 2.17. The second-order valence-corrected chi connectivity index (χ2v) is 4.30. The Morgan fingerprint density at radius 2 is 2.32 bits per heavy atom. The van der Waals surface area contributed by atoms with Crippen molar-refractivity contribution in [1.82, 2.24) is 20.3 Å². The molecule has 0 saturated carbocycles. The molecule has 0 unspecified atom stereocenters. The van der Waals surface area contributed by atoms with Crippen molar-refractivity contribution in [3.05, 3.63) is 41.7 Å². The maximum atomic E-state index is 11.9. The summed E-state index contributed by atoms with van der Waals surface area (Å²) in [7, 11) is 0. The van der Waals surface area contributed by atoms with E-state index < -0.39 is 0 Å². The van der Waals surface area contributed by atoms with E-state index in [1.165, 1.54) is 6.07 Å². The molecular formula is C13H16N4O2. The summed E-state index contributed by atoms with van der Waals surface area (Å²) in [6.45, 7) is 3.09. The highest BCUT2D eigenvalue weighted by Gasteiger charge is 2.10. The van der Waals surface area contributed by atoms with Gasteiger partial charge in [0.15, 0.2) is 0 Å². The molecule has 0 aliphatic carbocycles. The summed E-state index contributed by atoms with van der Waals surface area (Å²) in [5, 5.41) is 19.9. The number of hydrogen-bond acceptors (Lipinski definition) is 4. The van der Waals surface area contributed by atoms with Gasteiger partial charge in [0.2, 0.25) is 0 Å². The number of aryl methyl sites for hydroxylation is 2. The van der Waals surface area contributed by atoms with Crippen LogP contribution in [0.3, 0.4) is 0 Å². The number of aromatic hydroxyl groups is 1. The summed E-state index contributed by atoms with van der Waals surface area (Å²) >= 11 is 0. The van der Waals surface area contributed by atoms with E-state index in [9.17, 15) is 9.90 Å². The number of carbonyl (C=O) groups is 1. The lowest BCUT2D eigenvalue weighted by molar-refractivity contribution is 0.0950. The lowest BCUT2D eigenvalue weighted by Gasteiger charge is -2.07. The zero-order chi connectivity index (χ0) is 13.7. The number of rotatable bonds is 5. The highest BCUT2D eigenvalue weighted by molar-refractivity contribution is 5.96. The van der Waals surface area contributed by atoms with Gasteiger partial charge in [0.25, 0.3) is 5.91 Å². The standard InChI is InChI=1S/C13H16N4O2/c1-10-3-4-12(18)11(9-10)13(19)14-5-2-7-17-8-6-15-16-17/h3-4,6,8-9,18H,2,5,7H2,1H3,(H,14,19).